The van der Waals surface area contributed by atoms with E-state index in [-0.39, 0.29) is 5.78 Å². The number of aryl methyl sites for hydroxylation is 2. The Kier molecular flexibility index (Phi) is 2.66. The zero-order valence-electron chi connectivity index (χ0n) is 8.06. The highest BCUT2D eigenvalue weighted by Crippen LogP contribution is 2.21. The molecule has 7 heteroatoms. The quantitative estimate of drug-likeness (QED) is 0.787. The third-order valence-electron chi connectivity index (χ3n) is 1.97. The minimum Gasteiger partial charge on any atom is -0.286 e. The summed E-state index contributed by atoms with van der Waals surface area (Å²) in [6.45, 7) is 1.76. The van der Waals surface area contributed by atoms with E-state index in [4.69, 9.17) is 0 Å². The molecule has 15 heavy (non-hydrogen) atoms. The number of carbonyl (C=O) groups excluding carboxylic acids is 1. The van der Waals surface area contributed by atoms with Crippen LogP contribution >= 0.6 is 27.5 Å². The molecule has 0 saturated carbocycles. The first-order valence-corrected chi connectivity index (χ1v) is 5.69. The predicted octanol–water partition coefficient (Wildman–Crippen LogP) is 1.57. The van der Waals surface area contributed by atoms with Crippen LogP contribution in [0.2, 0.25) is 0 Å². The van der Waals surface area contributed by atoms with E-state index in [1.54, 1.807) is 20.2 Å². The minimum atomic E-state index is -0.102. The van der Waals surface area contributed by atoms with Crippen LogP contribution in [0.5, 0.6) is 0 Å². The largest absolute Gasteiger partial charge is 0.286 e. The summed E-state index contributed by atoms with van der Waals surface area (Å²) in [4.78, 5) is 12.6. The van der Waals surface area contributed by atoms with Gasteiger partial charge in [0.2, 0.25) is 5.78 Å². The van der Waals surface area contributed by atoms with Gasteiger partial charge in [-0.1, -0.05) is 4.49 Å². The number of hydrogen-bond acceptors (Lipinski definition) is 5. The van der Waals surface area contributed by atoms with E-state index in [1.165, 1.54) is 4.68 Å². The molecule has 0 unspecified atom stereocenters. The molecule has 0 N–H and O–H groups in total. The Bertz CT molecular complexity index is 499. The zero-order chi connectivity index (χ0) is 11.0. The monoisotopic (exact) mass is 286 g/mol. The Labute approximate surface area is 98.4 Å². The molecule has 2 aromatic rings. The van der Waals surface area contributed by atoms with Crippen molar-refractivity contribution in [3.8, 4) is 0 Å². The molecule has 0 amide bonds. The van der Waals surface area contributed by atoms with E-state index < -0.39 is 0 Å². The molecule has 0 radical (unpaired) electrons. The van der Waals surface area contributed by atoms with Crippen LogP contribution in [-0.4, -0.2) is 25.2 Å². The first kappa shape index (κ1) is 10.4. The molecule has 0 bridgehead atoms. The van der Waals surface area contributed by atoms with Crippen LogP contribution in [0.25, 0.3) is 0 Å². The number of carbonyl (C=O) groups is 1. The number of aromatic nitrogens is 4. The van der Waals surface area contributed by atoms with Crippen molar-refractivity contribution in [3.05, 3.63) is 26.9 Å². The van der Waals surface area contributed by atoms with Crippen LogP contribution in [-0.2, 0) is 7.05 Å². The molecule has 2 rings (SSSR count). The van der Waals surface area contributed by atoms with Crippen molar-refractivity contribution in [2.75, 3.05) is 0 Å². The molecule has 0 saturated heterocycles. The van der Waals surface area contributed by atoms with Gasteiger partial charge in [-0.25, -0.2) is 0 Å². The first-order valence-electron chi connectivity index (χ1n) is 4.12. The van der Waals surface area contributed by atoms with Crippen molar-refractivity contribution < 1.29 is 4.79 Å². The number of ketones is 1. The van der Waals surface area contributed by atoms with E-state index in [0.29, 0.717) is 20.7 Å². The van der Waals surface area contributed by atoms with Gasteiger partial charge in [-0.3, -0.25) is 9.48 Å². The molecular weight excluding hydrogens is 280 g/mol. The molecule has 5 nitrogen and oxygen atoms in total. The van der Waals surface area contributed by atoms with Gasteiger partial charge < -0.3 is 0 Å². The predicted molar refractivity (Wildman–Crippen MR) is 59.0 cm³/mol. The number of rotatable bonds is 2. The second kappa shape index (κ2) is 3.82. The van der Waals surface area contributed by atoms with E-state index in [1.807, 2.05) is 0 Å². The topological polar surface area (TPSA) is 60.7 Å². The molecular formula is C8H7BrN4OS. The van der Waals surface area contributed by atoms with Gasteiger partial charge >= 0.3 is 0 Å². The van der Waals surface area contributed by atoms with Crippen molar-refractivity contribution in [3.63, 3.8) is 0 Å². The van der Waals surface area contributed by atoms with Crippen LogP contribution in [0.4, 0.5) is 0 Å². The zero-order valence-corrected chi connectivity index (χ0v) is 10.5. The number of halogens is 1. The molecule has 0 spiro atoms. The lowest BCUT2D eigenvalue weighted by atomic mass is 10.2. The fourth-order valence-electron chi connectivity index (χ4n) is 1.21. The standard InChI is InChI=1S/C8H7BrN4OS/c1-4-8(15-12-11-4)7(14)6-5(9)3-10-13(6)2/h3H,1-2H3. The summed E-state index contributed by atoms with van der Waals surface area (Å²) in [5, 5.41) is 7.80. The summed E-state index contributed by atoms with van der Waals surface area (Å²) < 4.78 is 5.95. The van der Waals surface area contributed by atoms with Crippen molar-refractivity contribution in [1.29, 1.82) is 0 Å². The van der Waals surface area contributed by atoms with Crippen LogP contribution in [0, 0.1) is 6.92 Å². The maximum absolute atomic E-state index is 12.1. The maximum Gasteiger partial charge on any atom is 0.225 e. The molecule has 2 heterocycles. The lowest BCUT2D eigenvalue weighted by Crippen LogP contribution is -2.08. The van der Waals surface area contributed by atoms with Crippen molar-refractivity contribution in [1.82, 2.24) is 19.4 Å². The second-order valence-corrected chi connectivity index (χ2v) is 4.59. The SMILES string of the molecule is Cc1nnsc1C(=O)c1c(Br)cnn1C. The first-order chi connectivity index (χ1) is 7.11. The number of nitrogens with zero attached hydrogens (tertiary/aromatic N) is 4. The van der Waals surface area contributed by atoms with E-state index >= 15 is 0 Å². The summed E-state index contributed by atoms with van der Waals surface area (Å²) in [6.07, 6.45) is 1.59. The van der Waals surface area contributed by atoms with E-state index in [2.05, 4.69) is 30.6 Å². The molecule has 0 fully saturated rings. The van der Waals surface area contributed by atoms with Crippen LogP contribution in [0.15, 0.2) is 10.7 Å². The number of hydrogen-bond donors (Lipinski definition) is 0. The molecule has 0 atom stereocenters. The van der Waals surface area contributed by atoms with Gasteiger partial charge in [0, 0.05) is 7.05 Å². The Morgan fingerprint density at radius 1 is 1.60 bits per heavy atom. The molecule has 0 aliphatic rings. The van der Waals surface area contributed by atoms with Crippen LogP contribution < -0.4 is 0 Å². The fraction of sp³-hybridized carbons (Fsp3) is 0.250. The highest BCUT2D eigenvalue weighted by molar-refractivity contribution is 9.10. The van der Waals surface area contributed by atoms with Gasteiger partial charge in [-0.2, -0.15) is 5.10 Å². The fourth-order valence-corrected chi connectivity index (χ4v) is 2.34. The average Bonchev–Trinajstić information content (AvgIpc) is 2.73. The summed E-state index contributed by atoms with van der Waals surface area (Å²) in [5.41, 5.74) is 1.17. The van der Waals surface area contributed by atoms with Crippen molar-refractivity contribution in [2.24, 2.45) is 7.05 Å². The van der Waals surface area contributed by atoms with Crippen molar-refractivity contribution >= 4 is 33.2 Å². The Morgan fingerprint density at radius 3 is 2.80 bits per heavy atom. The minimum absolute atomic E-state index is 0.102. The summed E-state index contributed by atoms with van der Waals surface area (Å²) in [6, 6.07) is 0. The molecule has 0 aliphatic heterocycles. The van der Waals surface area contributed by atoms with Crippen LogP contribution in [0.3, 0.4) is 0 Å². The van der Waals surface area contributed by atoms with Gasteiger partial charge in [0.25, 0.3) is 0 Å². The third kappa shape index (κ3) is 1.72. The van der Waals surface area contributed by atoms with E-state index in [0.717, 1.165) is 11.5 Å². The third-order valence-corrected chi connectivity index (χ3v) is 3.37. The smallest absolute Gasteiger partial charge is 0.225 e. The summed E-state index contributed by atoms with van der Waals surface area (Å²) in [5.74, 6) is -0.102. The summed E-state index contributed by atoms with van der Waals surface area (Å²) >= 11 is 4.39. The van der Waals surface area contributed by atoms with Gasteiger partial charge in [-0.15, -0.1) is 5.10 Å². The van der Waals surface area contributed by atoms with E-state index in [9.17, 15) is 4.79 Å². The Morgan fingerprint density at radius 2 is 2.33 bits per heavy atom. The molecule has 2 aromatic heterocycles. The Balaban J connectivity index is 2.50. The Hall–Kier alpha value is -1.08. The van der Waals surface area contributed by atoms with Gasteiger partial charge in [0.15, 0.2) is 0 Å². The van der Waals surface area contributed by atoms with Crippen molar-refractivity contribution in [2.45, 2.75) is 6.92 Å². The van der Waals surface area contributed by atoms with Gasteiger partial charge in [-0.05, 0) is 34.4 Å². The highest BCUT2D eigenvalue weighted by atomic mass is 79.9. The lowest BCUT2D eigenvalue weighted by molar-refractivity contribution is 0.103. The van der Waals surface area contributed by atoms with Gasteiger partial charge in [0.05, 0.1) is 16.4 Å². The molecule has 0 aliphatic carbocycles. The van der Waals surface area contributed by atoms with Gasteiger partial charge in [0.1, 0.15) is 10.6 Å². The molecule has 78 valence electrons. The van der Waals surface area contributed by atoms with Crippen LogP contribution in [0.1, 0.15) is 21.1 Å². The normalized spacial score (nSPS) is 10.6. The maximum atomic E-state index is 12.1. The second-order valence-electron chi connectivity index (χ2n) is 2.98. The molecule has 0 aromatic carbocycles. The average molecular weight is 287 g/mol. The highest BCUT2D eigenvalue weighted by Gasteiger charge is 2.21. The lowest BCUT2D eigenvalue weighted by Gasteiger charge is -1.99. The summed E-state index contributed by atoms with van der Waals surface area (Å²) in [7, 11) is 1.72.